The normalized spacial score (nSPS) is 13.0. The molecule has 1 amide bonds. The number of hydrogen-bond acceptors (Lipinski definition) is 6. The standard InChI is InChI=1S/C18H16N2O6/c1-24-16-5-3-2-4-15(16)19-17(21)7-6-12-8-14(20(22)23)9-13-10-25-11-26-18(12)13/h2-9H,10-11H2,1H3,(H,19,21). The Bertz CT molecular complexity index is 878. The van der Waals surface area contributed by atoms with E-state index in [1.807, 2.05) is 0 Å². The zero-order valence-corrected chi connectivity index (χ0v) is 13.9. The van der Waals surface area contributed by atoms with E-state index >= 15 is 0 Å². The SMILES string of the molecule is COc1ccccc1NC(=O)C=Cc1cc([N+](=O)[O-])cc2c1OCOC2. The summed E-state index contributed by atoms with van der Waals surface area (Å²) >= 11 is 0. The second-order valence-corrected chi connectivity index (χ2v) is 5.41. The quantitative estimate of drug-likeness (QED) is 0.502. The molecule has 2 aromatic carbocycles. The Labute approximate surface area is 149 Å². The number of anilines is 1. The number of carbonyl (C=O) groups is 1. The van der Waals surface area contributed by atoms with Gasteiger partial charge in [0.25, 0.3) is 5.69 Å². The molecule has 0 bridgehead atoms. The van der Waals surface area contributed by atoms with E-state index in [4.69, 9.17) is 14.2 Å². The predicted molar refractivity (Wildman–Crippen MR) is 94.0 cm³/mol. The number of benzene rings is 2. The number of nitro groups is 1. The summed E-state index contributed by atoms with van der Waals surface area (Å²) in [6.07, 6.45) is 2.76. The van der Waals surface area contributed by atoms with Gasteiger partial charge in [0.1, 0.15) is 11.5 Å². The summed E-state index contributed by atoms with van der Waals surface area (Å²) in [5.41, 5.74) is 1.43. The summed E-state index contributed by atoms with van der Waals surface area (Å²) in [7, 11) is 1.51. The van der Waals surface area contributed by atoms with Crippen LogP contribution in [0.25, 0.3) is 6.08 Å². The minimum atomic E-state index is -0.499. The first-order valence-corrected chi connectivity index (χ1v) is 7.72. The Hall–Kier alpha value is -3.39. The van der Waals surface area contributed by atoms with Crippen LogP contribution < -0.4 is 14.8 Å². The Morgan fingerprint density at radius 2 is 2.15 bits per heavy atom. The molecule has 8 heteroatoms. The van der Waals surface area contributed by atoms with Crippen molar-refractivity contribution in [1.82, 2.24) is 0 Å². The van der Waals surface area contributed by atoms with Gasteiger partial charge in [-0.2, -0.15) is 0 Å². The fraction of sp³-hybridized carbons (Fsp3) is 0.167. The summed E-state index contributed by atoms with van der Waals surface area (Å²) in [6.45, 7) is 0.268. The van der Waals surface area contributed by atoms with Gasteiger partial charge in [-0.25, -0.2) is 0 Å². The number of ether oxygens (including phenoxy) is 3. The van der Waals surface area contributed by atoms with Crippen LogP contribution >= 0.6 is 0 Å². The van der Waals surface area contributed by atoms with E-state index in [2.05, 4.69) is 5.32 Å². The van der Waals surface area contributed by atoms with Crippen molar-refractivity contribution in [2.24, 2.45) is 0 Å². The van der Waals surface area contributed by atoms with E-state index < -0.39 is 10.8 Å². The van der Waals surface area contributed by atoms with Crippen LogP contribution in [0.15, 0.2) is 42.5 Å². The van der Waals surface area contributed by atoms with Crippen LogP contribution in [-0.4, -0.2) is 24.7 Å². The van der Waals surface area contributed by atoms with Crippen molar-refractivity contribution in [2.45, 2.75) is 6.61 Å². The maximum absolute atomic E-state index is 12.2. The van der Waals surface area contributed by atoms with Gasteiger partial charge < -0.3 is 19.5 Å². The van der Waals surface area contributed by atoms with Crippen molar-refractivity contribution >= 4 is 23.4 Å². The van der Waals surface area contributed by atoms with E-state index in [1.165, 1.54) is 31.4 Å². The van der Waals surface area contributed by atoms with E-state index in [-0.39, 0.29) is 19.1 Å². The first kappa shape index (κ1) is 17.4. The van der Waals surface area contributed by atoms with E-state index in [0.29, 0.717) is 28.3 Å². The van der Waals surface area contributed by atoms with Gasteiger partial charge >= 0.3 is 0 Å². The van der Waals surface area contributed by atoms with E-state index in [9.17, 15) is 14.9 Å². The number of hydrogen-bond donors (Lipinski definition) is 1. The van der Waals surface area contributed by atoms with Gasteiger partial charge in [0, 0.05) is 29.3 Å². The van der Waals surface area contributed by atoms with E-state index in [1.54, 1.807) is 24.3 Å². The van der Waals surface area contributed by atoms with Gasteiger partial charge in [-0.3, -0.25) is 14.9 Å². The Morgan fingerprint density at radius 3 is 2.92 bits per heavy atom. The minimum Gasteiger partial charge on any atom is -0.495 e. The van der Waals surface area contributed by atoms with Crippen LogP contribution in [0.1, 0.15) is 11.1 Å². The molecule has 1 aliphatic heterocycles. The first-order chi connectivity index (χ1) is 12.6. The molecule has 1 N–H and O–H groups in total. The van der Waals surface area contributed by atoms with Crippen LogP contribution in [-0.2, 0) is 16.1 Å². The van der Waals surface area contributed by atoms with Crippen molar-refractivity contribution < 1.29 is 23.9 Å². The predicted octanol–water partition coefficient (Wildman–Crippen LogP) is 3.12. The molecule has 0 spiro atoms. The minimum absolute atomic E-state index is 0.0546. The zero-order valence-electron chi connectivity index (χ0n) is 13.9. The fourth-order valence-electron chi connectivity index (χ4n) is 2.55. The number of methoxy groups -OCH3 is 1. The molecule has 1 heterocycles. The summed E-state index contributed by atoms with van der Waals surface area (Å²) < 4.78 is 15.8. The molecule has 0 saturated heterocycles. The Morgan fingerprint density at radius 1 is 1.35 bits per heavy atom. The molecular formula is C18H16N2O6. The molecule has 0 fully saturated rings. The maximum atomic E-state index is 12.2. The van der Waals surface area contributed by atoms with Crippen molar-refractivity contribution in [2.75, 3.05) is 19.2 Å². The lowest BCUT2D eigenvalue weighted by Gasteiger charge is -2.19. The summed E-state index contributed by atoms with van der Waals surface area (Å²) in [6, 6.07) is 9.76. The number of non-ortho nitro benzene ring substituents is 1. The number of para-hydroxylation sites is 2. The lowest BCUT2D eigenvalue weighted by atomic mass is 10.1. The highest BCUT2D eigenvalue weighted by Gasteiger charge is 2.19. The van der Waals surface area contributed by atoms with Crippen molar-refractivity contribution in [3.63, 3.8) is 0 Å². The number of carbonyl (C=O) groups excluding carboxylic acids is 1. The lowest BCUT2D eigenvalue weighted by molar-refractivity contribution is -0.385. The molecule has 3 rings (SSSR count). The molecule has 0 aliphatic carbocycles. The topological polar surface area (TPSA) is 99.9 Å². The molecule has 8 nitrogen and oxygen atoms in total. The highest BCUT2D eigenvalue weighted by molar-refractivity contribution is 6.03. The average molecular weight is 356 g/mol. The molecule has 26 heavy (non-hydrogen) atoms. The summed E-state index contributed by atoms with van der Waals surface area (Å²) in [5, 5.41) is 13.8. The lowest BCUT2D eigenvalue weighted by Crippen LogP contribution is -2.13. The molecule has 0 aromatic heterocycles. The molecular weight excluding hydrogens is 340 g/mol. The molecule has 134 valence electrons. The van der Waals surface area contributed by atoms with Crippen LogP contribution in [0.5, 0.6) is 11.5 Å². The number of fused-ring (bicyclic) bond motifs is 1. The van der Waals surface area contributed by atoms with E-state index in [0.717, 1.165) is 0 Å². The molecule has 1 aliphatic rings. The highest BCUT2D eigenvalue weighted by atomic mass is 16.7. The van der Waals surface area contributed by atoms with Gasteiger partial charge in [0.15, 0.2) is 6.79 Å². The number of rotatable bonds is 5. The second-order valence-electron chi connectivity index (χ2n) is 5.41. The van der Waals surface area contributed by atoms with Crippen LogP contribution in [0.4, 0.5) is 11.4 Å². The number of amides is 1. The van der Waals surface area contributed by atoms with Crippen LogP contribution in [0.2, 0.25) is 0 Å². The highest BCUT2D eigenvalue weighted by Crippen LogP contribution is 2.33. The van der Waals surface area contributed by atoms with Crippen molar-refractivity contribution in [3.8, 4) is 11.5 Å². The van der Waals surface area contributed by atoms with Crippen molar-refractivity contribution in [3.05, 3.63) is 63.7 Å². The monoisotopic (exact) mass is 356 g/mol. The fourth-order valence-corrected chi connectivity index (χ4v) is 2.55. The van der Waals surface area contributed by atoms with Gasteiger partial charge in [0.2, 0.25) is 5.91 Å². The average Bonchev–Trinajstić information content (AvgIpc) is 2.66. The summed E-state index contributed by atoms with van der Waals surface area (Å²) in [5.74, 6) is 0.604. The smallest absolute Gasteiger partial charge is 0.270 e. The number of nitro benzene ring substituents is 1. The second kappa shape index (κ2) is 7.66. The third-order valence-electron chi connectivity index (χ3n) is 3.71. The Kier molecular flexibility index (Phi) is 5.14. The molecule has 0 saturated carbocycles. The Balaban J connectivity index is 1.84. The molecule has 0 radical (unpaired) electrons. The largest absolute Gasteiger partial charge is 0.495 e. The zero-order chi connectivity index (χ0) is 18.5. The summed E-state index contributed by atoms with van der Waals surface area (Å²) in [4.78, 5) is 22.8. The molecule has 2 aromatic rings. The third-order valence-corrected chi connectivity index (χ3v) is 3.71. The van der Waals surface area contributed by atoms with Gasteiger partial charge in [-0.1, -0.05) is 12.1 Å². The van der Waals surface area contributed by atoms with Crippen molar-refractivity contribution in [1.29, 1.82) is 0 Å². The molecule has 0 unspecified atom stereocenters. The van der Waals surface area contributed by atoms with Gasteiger partial charge in [0.05, 0.1) is 24.3 Å². The van der Waals surface area contributed by atoms with Crippen LogP contribution in [0, 0.1) is 10.1 Å². The third kappa shape index (κ3) is 3.81. The van der Waals surface area contributed by atoms with Crippen LogP contribution in [0.3, 0.4) is 0 Å². The maximum Gasteiger partial charge on any atom is 0.270 e. The number of nitrogens with one attached hydrogen (secondary N) is 1. The van der Waals surface area contributed by atoms with Gasteiger partial charge in [-0.15, -0.1) is 0 Å². The first-order valence-electron chi connectivity index (χ1n) is 7.72. The van der Waals surface area contributed by atoms with Gasteiger partial charge in [-0.05, 0) is 18.2 Å². The molecule has 0 atom stereocenters. The number of nitrogens with zero attached hydrogens (tertiary/aromatic N) is 1.